The Hall–Kier alpha value is -3.58. The maximum atomic E-state index is 13.9. The van der Waals surface area contributed by atoms with E-state index in [9.17, 15) is 9.59 Å². The van der Waals surface area contributed by atoms with Crippen molar-refractivity contribution >= 4 is 46.0 Å². The fourth-order valence-corrected chi connectivity index (χ4v) is 6.27. The Morgan fingerprint density at radius 3 is 2.82 bits per heavy atom. The van der Waals surface area contributed by atoms with Crippen LogP contribution >= 0.6 is 33.9 Å². The first-order valence-electron chi connectivity index (χ1n) is 12.1. The van der Waals surface area contributed by atoms with Gasteiger partial charge in [-0.05, 0) is 77.9 Å². The number of methoxy groups -OCH3 is 1. The number of nitrogens with zero attached hydrogens (tertiary/aromatic N) is 2. The molecule has 0 unspecified atom stereocenters. The summed E-state index contributed by atoms with van der Waals surface area (Å²) in [5.74, 6) is 1.78. The minimum absolute atomic E-state index is 0.112. The Morgan fingerprint density at radius 2 is 2.08 bits per heavy atom. The first-order valence-corrected chi connectivity index (χ1v) is 14.0. The summed E-state index contributed by atoms with van der Waals surface area (Å²) in [5, 5.41) is 0. The van der Waals surface area contributed by atoms with Gasteiger partial charge in [0.2, 0.25) is 6.79 Å². The van der Waals surface area contributed by atoms with Crippen LogP contribution in [0.2, 0.25) is 0 Å². The zero-order chi connectivity index (χ0) is 27.7. The number of hydrogen-bond donors (Lipinski definition) is 0. The molecule has 0 bridgehead atoms. The van der Waals surface area contributed by atoms with Crippen molar-refractivity contribution in [2.75, 3.05) is 27.1 Å². The molecule has 11 heteroatoms. The lowest BCUT2D eigenvalue weighted by molar-refractivity contribution is -0.139. The van der Waals surface area contributed by atoms with Crippen molar-refractivity contribution in [1.29, 1.82) is 0 Å². The van der Waals surface area contributed by atoms with E-state index in [1.165, 1.54) is 15.9 Å². The number of hydrogen-bond acceptors (Lipinski definition) is 9. The van der Waals surface area contributed by atoms with Crippen molar-refractivity contribution in [3.63, 3.8) is 0 Å². The van der Waals surface area contributed by atoms with Crippen LogP contribution in [-0.2, 0) is 9.53 Å². The van der Waals surface area contributed by atoms with Gasteiger partial charge in [0.1, 0.15) is 6.61 Å². The van der Waals surface area contributed by atoms with Gasteiger partial charge in [0.05, 0.1) is 39.1 Å². The largest absolute Gasteiger partial charge is 0.493 e. The second-order valence-corrected chi connectivity index (χ2v) is 10.7. The second kappa shape index (κ2) is 11.3. The van der Waals surface area contributed by atoms with Gasteiger partial charge < -0.3 is 23.7 Å². The zero-order valence-corrected chi connectivity index (χ0v) is 24.5. The molecule has 0 amide bonds. The SMILES string of the molecule is C=CCOc1c(I)cc(/C=c2\sc3n(c2=O)[C@@H](c2ccc4c(c2)OCO4)C(C(=O)OCC)=C(C)N=3)cc1OC. The zero-order valence-electron chi connectivity index (χ0n) is 21.5. The average molecular weight is 660 g/mol. The van der Waals surface area contributed by atoms with Gasteiger partial charge in [0.25, 0.3) is 5.56 Å². The molecule has 202 valence electrons. The lowest BCUT2D eigenvalue weighted by Gasteiger charge is -2.24. The summed E-state index contributed by atoms with van der Waals surface area (Å²) < 4.78 is 30.5. The maximum absolute atomic E-state index is 13.9. The highest BCUT2D eigenvalue weighted by Gasteiger charge is 2.34. The molecule has 0 saturated heterocycles. The van der Waals surface area contributed by atoms with E-state index in [1.54, 1.807) is 45.2 Å². The molecule has 5 rings (SSSR count). The molecule has 3 heterocycles. The standard InChI is InChI=1S/C28H25IN2O7S/c1-5-9-36-25-18(29)10-16(11-21(25)34-4)12-22-26(32)31-24(17-7-8-19-20(13-17)38-14-37-19)23(27(33)35-6-2)15(3)30-28(31)39-22/h5,7-8,10-13,24H,1,6,9,14H2,2-4H3/b22-12-/t24-/m0/s1. The number of carbonyl (C=O) groups is 1. The molecular formula is C28H25IN2O7S. The molecule has 0 saturated carbocycles. The Labute approximate surface area is 241 Å². The molecule has 0 aliphatic carbocycles. The Bertz CT molecular complexity index is 1690. The third kappa shape index (κ3) is 5.08. The van der Waals surface area contributed by atoms with Crippen molar-refractivity contribution in [1.82, 2.24) is 4.57 Å². The number of esters is 1. The Kier molecular flexibility index (Phi) is 7.80. The van der Waals surface area contributed by atoms with E-state index < -0.39 is 12.0 Å². The maximum Gasteiger partial charge on any atom is 0.338 e. The highest BCUT2D eigenvalue weighted by atomic mass is 127. The predicted molar refractivity (Wildman–Crippen MR) is 154 cm³/mol. The fraction of sp³-hybridized carbons (Fsp3) is 0.250. The van der Waals surface area contributed by atoms with Crippen molar-refractivity contribution in [3.8, 4) is 23.0 Å². The smallest absolute Gasteiger partial charge is 0.338 e. The van der Waals surface area contributed by atoms with E-state index in [-0.39, 0.29) is 19.0 Å². The lowest BCUT2D eigenvalue weighted by atomic mass is 9.95. The summed E-state index contributed by atoms with van der Waals surface area (Å²) in [6, 6.07) is 8.35. The van der Waals surface area contributed by atoms with Crippen LogP contribution in [0.25, 0.3) is 6.08 Å². The number of benzene rings is 2. The topological polar surface area (TPSA) is 97.6 Å². The van der Waals surface area contributed by atoms with Gasteiger partial charge in [-0.25, -0.2) is 9.79 Å². The number of allylic oxidation sites excluding steroid dienone is 1. The molecule has 3 aromatic rings. The first-order chi connectivity index (χ1) is 18.9. The van der Waals surface area contributed by atoms with Crippen molar-refractivity contribution < 1.29 is 28.5 Å². The Morgan fingerprint density at radius 1 is 1.28 bits per heavy atom. The summed E-state index contributed by atoms with van der Waals surface area (Å²) in [4.78, 5) is 32.1. The molecular weight excluding hydrogens is 635 g/mol. The third-order valence-corrected chi connectivity index (χ3v) is 7.91. The van der Waals surface area contributed by atoms with E-state index in [2.05, 4.69) is 34.2 Å². The minimum atomic E-state index is -0.749. The third-order valence-electron chi connectivity index (χ3n) is 6.12. The van der Waals surface area contributed by atoms with Gasteiger partial charge in [-0.15, -0.1) is 0 Å². The van der Waals surface area contributed by atoms with Gasteiger partial charge in [-0.2, -0.15) is 0 Å². The average Bonchev–Trinajstić information content (AvgIpc) is 3.50. The second-order valence-electron chi connectivity index (χ2n) is 8.55. The number of ether oxygens (including phenoxy) is 5. The molecule has 2 aliphatic heterocycles. The molecule has 0 N–H and O–H groups in total. The van der Waals surface area contributed by atoms with E-state index in [4.69, 9.17) is 23.7 Å². The minimum Gasteiger partial charge on any atom is -0.493 e. The van der Waals surface area contributed by atoms with Crippen LogP contribution in [0.3, 0.4) is 0 Å². The summed E-state index contributed by atoms with van der Waals surface area (Å²) in [7, 11) is 1.56. The van der Waals surface area contributed by atoms with Crippen molar-refractivity contribution in [2.45, 2.75) is 19.9 Å². The number of carbonyl (C=O) groups excluding carboxylic acids is 1. The monoisotopic (exact) mass is 660 g/mol. The summed E-state index contributed by atoms with van der Waals surface area (Å²) in [6.07, 6.45) is 3.44. The molecule has 0 fully saturated rings. The van der Waals surface area contributed by atoms with Gasteiger partial charge in [-0.1, -0.05) is 30.1 Å². The molecule has 9 nitrogen and oxygen atoms in total. The van der Waals surface area contributed by atoms with Gasteiger partial charge in [-0.3, -0.25) is 9.36 Å². The van der Waals surface area contributed by atoms with E-state index in [0.29, 0.717) is 55.8 Å². The van der Waals surface area contributed by atoms with Crippen LogP contribution in [0.15, 0.2) is 64.0 Å². The molecule has 2 aliphatic rings. The van der Waals surface area contributed by atoms with Crippen LogP contribution in [0.5, 0.6) is 23.0 Å². The number of aromatic nitrogens is 1. The molecule has 0 spiro atoms. The number of halogens is 1. The van der Waals surface area contributed by atoms with E-state index in [0.717, 1.165) is 9.13 Å². The fourth-order valence-electron chi connectivity index (χ4n) is 4.45. The quantitative estimate of drug-likeness (QED) is 0.207. The van der Waals surface area contributed by atoms with Crippen molar-refractivity contribution in [3.05, 3.63) is 88.6 Å². The summed E-state index contributed by atoms with van der Waals surface area (Å²) >= 11 is 3.42. The van der Waals surface area contributed by atoms with Gasteiger partial charge in [0.15, 0.2) is 27.8 Å². The highest BCUT2D eigenvalue weighted by Crippen LogP contribution is 2.38. The number of rotatable bonds is 8. The van der Waals surface area contributed by atoms with Crippen LogP contribution in [0, 0.1) is 3.57 Å². The Balaban J connectivity index is 1.67. The lowest BCUT2D eigenvalue weighted by Crippen LogP contribution is -2.39. The van der Waals surface area contributed by atoms with Crippen LogP contribution < -0.4 is 33.8 Å². The molecule has 1 aromatic heterocycles. The van der Waals surface area contributed by atoms with Crippen LogP contribution in [0.4, 0.5) is 0 Å². The van der Waals surface area contributed by atoms with Gasteiger partial charge >= 0.3 is 5.97 Å². The number of thiazole rings is 1. The molecule has 39 heavy (non-hydrogen) atoms. The summed E-state index contributed by atoms with van der Waals surface area (Å²) in [5.41, 5.74) is 1.95. The van der Waals surface area contributed by atoms with Crippen molar-refractivity contribution in [2.24, 2.45) is 4.99 Å². The van der Waals surface area contributed by atoms with E-state index >= 15 is 0 Å². The highest BCUT2D eigenvalue weighted by molar-refractivity contribution is 14.1. The molecule has 0 radical (unpaired) electrons. The van der Waals surface area contributed by atoms with E-state index in [1.807, 2.05) is 18.2 Å². The predicted octanol–water partition coefficient (Wildman–Crippen LogP) is 3.71. The first kappa shape index (κ1) is 27.0. The molecule has 1 atom stereocenters. The van der Waals surface area contributed by atoms with Crippen LogP contribution in [0.1, 0.15) is 31.0 Å². The summed E-state index contributed by atoms with van der Waals surface area (Å²) in [6.45, 7) is 7.82. The van der Waals surface area contributed by atoms with Crippen LogP contribution in [-0.4, -0.2) is 37.7 Å². The number of fused-ring (bicyclic) bond motifs is 2. The van der Waals surface area contributed by atoms with Gasteiger partial charge in [0, 0.05) is 0 Å². The molecule has 2 aromatic carbocycles. The normalized spacial score (nSPS) is 16.0.